The summed E-state index contributed by atoms with van der Waals surface area (Å²) >= 11 is 1.86. The Morgan fingerprint density at radius 1 is 0.333 bits per heavy atom. The molecule has 0 aliphatic rings. The van der Waals surface area contributed by atoms with Crippen LogP contribution in [0, 0.1) is 0 Å². The zero-order valence-electron chi connectivity index (χ0n) is 26.3. The fourth-order valence-corrected chi connectivity index (χ4v) is 8.08. The third kappa shape index (κ3) is 5.04. The molecule has 0 unspecified atom stereocenters. The summed E-state index contributed by atoms with van der Waals surface area (Å²) in [4.78, 5) is 2.44. The van der Waals surface area contributed by atoms with Crippen molar-refractivity contribution in [3.63, 3.8) is 0 Å². The highest BCUT2D eigenvalue weighted by atomic mass is 32.1. The van der Waals surface area contributed by atoms with Crippen LogP contribution in [0.4, 0.5) is 17.1 Å². The monoisotopic (exact) mass is 629 g/mol. The van der Waals surface area contributed by atoms with E-state index in [0.29, 0.717) is 0 Å². The van der Waals surface area contributed by atoms with E-state index in [9.17, 15) is 0 Å². The highest BCUT2D eigenvalue weighted by Crippen LogP contribution is 2.46. The summed E-state index contributed by atoms with van der Waals surface area (Å²) < 4.78 is 2.62. The summed E-state index contributed by atoms with van der Waals surface area (Å²) in [5, 5.41) is 5.13. The smallest absolute Gasteiger partial charge is 0.0540 e. The van der Waals surface area contributed by atoms with Crippen molar-refractivity contribution in [2.45, 2.75) is 0 Å². The van der Waals surface area contributed by atoms with Crippen molar-refractivity contribution in [3.8, 4) is 33.4 Å². The van der Waals surface area contributed by atoms with E-state index >= 15 is 0 Å². The van der Waals surface area contributed by atoms with Gasteiger partial charge in [0.1, 0.15) is 0 Å². The van der Waals surface area contributed by atoms with Crippen molar-refractivity contribution < 1.29 is 0 Å². The van der Waals surface area contributed by atoms with Gasteiger partial charge in [-0.15, -0.1) is 11.3 Å². The molecule has 0 fully saturated rings. The molecule has 9 rings (SSSR count). The maximum atomic E-state index is 2.44. The number of benzene rings is 8. The van der Waals surface area contributed by atoms with Crippen molar-refractivity contribution in [3.05, 3.63) is 188 Å². The molecule has 9 aromatic rings. The molecular formula is C46H31NS. The predicted octanol–water partition coefficient (Wildman–Crippen LogP) is 13.7. The highest BCUT2D eigenvalue weighted by Gasteiger charge is 2.21. The van der Waals surface area contributed by atoms with Gasteiger partial charge in [0, 0.05) is 37.0 Å². The van der Waals surface area contributed by atoms with Gasteiger partial charge in [-0.1, -0.05) is 146 Å². The molecule has 226 valence electrons. The van der Waals surface area contributed by atoms with Crippen molar-refractivity contribution in [1.82, 2.24) is 0 Å². The molecule has 0 aliphatic heterocycles. The Balaban J connectivity index is 1.26. The number of hydrogen-bond acceptors (Lipinski definition) is 2. The van der Waals surface area contributed by atoms with E-state index in [1.54, 1.807) is 0 Å². The lowest BCUT2D eigenvalue weighted by Crippen LogP contribution is -2.12. The molecule has 2 heteroatoms. The van der Waals surface area contributed by atoms with E-state index in [4.69, 9.17) is 0 Å². The summed E-state index contributed by atoms with van der Waals surface area (Å²) in [5.41, 5.74) is 10.5. The molecule has 0 amide bonds. The average molecular weight is 630 g/mol. The second kappa shape index (κ2) is 12.0. The second-order valence-corrected chi connectivity index (χ2v) is 13.2. The average Bonchev–Trinajstić information content (AvgIpc) is 3.54. The van der Waals surface area contributed by atoms with Crippen molar-refractivity contribution >= 4 is 59.3 Å². The first kappa shape index (κ1) is 28.3. The summed E-state index contributed by atoms with van der Waals surface area (Å²) in [6.07, 6.45) is 0. The van der Waals surface area contributed by atoms with Crippen LogP contribution in [-0.4, -0.2) is 0 Å². The van der Waals surface area contributed by atoms with Gasteiger partial charge in [-0.2, -0.15) is 0 Å². The molecule has 1 aromatic heterocycles. The molecule has 48 heavy (non-hydrogen) atoms. The van der Waals surface area contributed by atoms with Gasteiger partial charge in [0.15, 0.2) is 0 Å². The molecular weight excluding hydrogens is 599 g/mol. The van der Waals surface area contributed by atoms with Gasteiger partial charge >= 0.3 is 0 Å². The van der Waals surface area contributed by atoms with Crippen LogP contribution in [0.15, 0.2) is 188 Å². The molecule has 1 nitrogen and oxygen atoms in total. The van der Waals surface area contributed by atoms with Crippen LogP contribution in [0.25, 0.3) is 64.3 Å². The van der Waals surface area contributed by atoms with Crippen molar-refractivity contribution in [1.29, 1.82) is 0 Å². The van der Waals surface area contributed by atoms with E-state index in [2.05, 4.69) is 193 Å². The quantitative estimate of drug-likeness (QED) is 0.177. The maximum absolute atomic E-state index is 2.44. The molecule has 0 bridgehead atoms. The highest BCUT2D eigenvalue weighted by molar-refractivity contribution is 7.25. The summed E-state index contributed by atoms with van der Waals surface area (Å²) in [7, 11) is 0. The first-order valence-electron chi connectivity index (χ1n) is 16.3. The lowest BCUT2D eigenvalue weighted by molar-refractivity contribution is 1.28. The normalized spacial score (nSPS) is 11.3. The van der Waals surface area contributed by atoms with Gasteiger partial charge in [-0.25, -0.2) is 0 Å². The van der Waals surface area contributed by atoms with Crippen LogP contribution in [0.3, 0.4) is 0 Å². The van der Waals surface area contributed by atoms with Crippen molar-refractivity contribution in [2.75, 3.05) is 4.90 Å². The third-order valence-electron chi connectivity index (χ3n) is 9.25. The van der Waals surface area contributed by atoms with E-state index in [1.165, 1.54) is 64.3 Å². The van der Waals surface area contributed by atoms with E-state index < -0.39 is 0 Å². The fraction of sp³-hybridized carbons (Fsp3) is 0. The summed E-state index contributed by atoms with van der Waals surface area (Å²) in [6, 6.07) is 68.2. The van der Waals surface area contributed by atoms with Crippen molar-refractivity contribution in [2.24, 2.45) is 0 Å². The lowest BCUT2D eigenvalue weighted by Gasteiger charge is -2.30. The van der Waals surface area contributed by atoms with Gasteiger partial charge in [-0.05, 0) is 75.5 Å². The molecule has 0 N–H and O–H groups in total. The lowest BCUT2D eigenvalue weighted by atomic mass is 9.97. The Kier molecular flexibility index (Phi) is 7.07. The van der Waals surface area contributed by atoms with Gasteiger partial charge in [0.05, 0.1) is 11.4 Å². The van der Waals surface area contributed by atoms with Crippen LogP contribution < -0.4 is 4.90 Å². The summed E-state index contributed by atoms with van der Waals surface area (Å²) in [6.45, 7) is 0. The van der Waals surface area contributed by atoms with Crippen LogP contribution >= 0.6 is 11.3 Å². The minimum absolute atomic E-state index is 1.11. The molecule has 1 heterocycles. The fourth-order valence-electron chi connectivity index (χ4n) is 6.94. The first-order valence-corrected chi connectivity index (χ1v) is 17.2. The predicted molar refractivity (Wildman–Crippen MR) is 208 cm³/mol. The van der Waals surface area contributed by atoms with Crippen LogP contribution in [-0.2, 0) is 0 Å². The Labute approximate surface area is 284 Å². The van der Waals surface area contributed by atoms with Gasteiger partial charge in [0.25, 0.3) is 0 Å². The number of anilines is 3. The first-order chi connectivity index (χ1) is 23.8. The molecule has 0 radical (unpaired) electrons. The standard InChI is InChI=1S/C46H31NS/c1-2-14-33(15-3-1)39-19-6-9-22-43(39)47(38-18-12-17-35(30-38)36-26-25-32-13-4-5-16-34(32)29-36)44-23-10-7-20-40(44)37-27-28-42-41-21-8-11-24-45(41)48-46(42)31-37/h1-31H. The maximum Gasteiger partial charge on any atom is 0.0540 e. The van der Waals surface area contributed by atoms with Gasteiger partial charge in [0.2, 0.25) is 0 Å². The zero-order valence-corrected chi connectivity index (χ0v) is 27.1. The SMILES string of the molecule is c1ccc(-c2ccccc2N(c2cccc(-c3ccc4ccccc4c3)c2)c2ccccc2-c2ccc3c(c2)sc2ccccc23)cc1. The number of nitrogens with zero attached hydrogens (tertiary/aromatic N) is 1. The van der Waals surface area contributed by atoms with Gasteiger partial charge < -0.3 is 4.90 Å². The van der Waals surface area contributed by atoms with Crippen LogP contribution in [0.1, 0.15) is 0 Å². The molecule has 0 aliphatic carbocycles. The largest absolute Gasteiger partial charge is 0.309 e. The second-order valence-electron chi connectivity index (χ2n) is 12.2. The molecule has 0 saturated carbocycles. The zero-order chi connectivity index (χ0) is 31.9. The topological polar surface area (TPSA) is 3.24 Å². The minimum atomic E-state index is 1.11. The van der Waals surface area contributed by atoms with Crippen LogP contribution in [0.5, 0.6) is 0 Å². The molecule has 0 spiro atoms. The molecule has 0 saturated heterocycles. The Hall–Kier alpha value is -5.96. The van der Waals surface area contributed by atoms with E-state index in [1.807, 2.05) is 11.3 Å². The molecule has 0 atom stereocenters. The number of fused-ring (bicyclic) bond motifs is 4. The minimum Gasteiger partial charge on any atom is -0.309 e. The number of thiophene rings is 1. The Morgan fingerprint density at radius 3 is 1.77 bits per heavy atom. The molecule has 8 aromatic carbocycles. The number of hydrogen-bond donors (Lipinski definition) is 0. The Morgan fingerprint density at radius 2 is 0.938 bits per heavy atom. The number of rotatable bonds is 6. The summed E-state index contributed by atoms with van der Waals surface area (Å²) in [5.74, 6) is 0. The van der Waals surface area contributed by atoms with E-state index in [0.717, 1.165) is 17.1 Å². The Bertz CT molecular complexity index is 2580. The third-order valence-corrected chi connectivity index (χ3v) is 10.4. The van der Waals surface area contributed by atoms with Gasteiger partial charge in [-0.3, -0.25) is 0 Å². The van der Waals surface area contributed by atoms with E-state index in [-0.39, 0.29) is 0 Å². The number of para-hydroxylation sites is 2. The van der Waals surface area contributed by atoms with Crippen LogP contribution in [0.2, 0.25) is 0 Å².